The van der Waals surface area contributed by atoms with Crippen molar-refractivity contribution < 1.29 is 9.90 Å². The first-order chi connectivity index (χ1) is 5.18. The Kier molecular flexibility index (Phi) is 12.9. The Morgan fingerprint density at radius 1 is 1.55 bits per heavy atom. The number of hydrogen-bond acceptors (Lipinski definition) is 1. The van der Waals surface area contributed by atoms with Gasteiger partial charge < -0.3 is 5.11 Å². The molecule has 0 aromatic carbocycles. The zero-order valence-corrected chi connectivity index (χ0v) is 6.79. The van der Waals surface area contributed by atoms with E-state index in [1.165, 1.54) is 0 Å². The normalized spacial score (nSPS) is 8.09. The summed E-state index contributed by atoms with van der Waals surface area (Å²) < 4.78 is 0. The van der Waals surface area contributed by atoms with Gasteiger partial charge in [0.05, 0.1) is 0 Å². The number of carboxylic acid groups (broad SMARTS) is 1. The lowest BCUT2D eigenvalue weighted by Gasteiger charge is -1.67. The van der Waals surface area contributed by atoms with Gasteiger partial charge in [0.1, 0.15) is 0 Å². The van der Waals surface area contributed by atoms with Crippen LogP contribution < -0.4 is 0 Å². The van der Waals surface area contributed by atoms with E-state index in [4.69, 9.17) is 5.11 Å². The van der Waals surface area contributed by atoms with Crippen molar-refractivity contribution >= 4 is 5.97 Å². The third kappa shape index (κ3) is 28.6. The van der Waals surface area contributed by atoms with Crippen molar-refractivity contribution in [3.05, 3.63) is 37.5 Å². The lowest BCUT2D eigenvalue weighted by Crippen LogP contribution is -1.82. The average Bonchev–Trinajstić information content (AvgIpc) is 2.02. The minimum absolute atomic E-state index is 0.833. The Balaban J connectivity index is 0. The maximum Gasteiger partial charge on any atom is 0.327 e. The second-order valence-electron chi connectivity index (χ2n) is 1.61. The van der Waals surface area contributed by atoms with Gasteiger partial charge in [-0.1, -0.05) is 38.3 Å². The van der Waals surface area contributed by atoms with E-state index < -0.39 is 5.97 Å². The number of carboxylic acids is 1. The van der Waals surface area contributed by atoms with Gasteiger partial charge >= 0.3 is 5.97 Å². The van der Waals surface area contributed by atoms with Crippen LogP contribution in [0.15, 0.2) is 37.5 Å². The Morgan fingerprint density at radius 2 is 2.00 bits per heavy atom. The number of hydrogen-bond donors (Lipinski definition) is 1. The molecule has 0 heterocycles. The molecule has 0 aliphatic rings. The molecule has 0 radical (unpaired) electrons. The molecule has 0 saturated carbocycles. The molecule has 0 spiro atoms. The lowest BCUT2D eigenvalue weighted by atomic mass is 10.4. The first-order valence-corrected chi connectivity index (χ1v) is 3.31. The minimum Gasteiger partial charge on any atom is -0.478 e. The molecule has 0 aromatic heterocycles. The van der Waals surface area contributed by atoms with Crippen LogP contribution in [0.1, 0.15) is 13.3 Å². The van der Waals surface area contributed by atoms with E-state index in [1.807, 2.05) is 6.08 Å². The second-order valence-corrected chi connectivity index (χ2v) is 1.61. The Morgan fingerprint density at radius 3 is 2.09 bits per heavy atom. The summed E-state index contributed by atoms with van der Waals surface area (Å²) >= 11 is 0. The highest BCUT2D eigenvalue weighted by atomic mass is 16.4. The third-order valence-electron chi connectivity index (χ3n) is 0.682. The van der Waals surface area contributed by atoms with Crippen LogP contribution in [-0.2, 0) is 4.79 Å². The van der Waals surface area contributed by atoms with E-state index in [1.54, 1.807) is 6.08 Å². The summed E-state index contributed by atoms with van der Waals surface area (Å²) in [6.45, 7) is 8.57. The van der Waals surface area contributed by atoms with Gasteiger partial charge in [-0.05, 0) is 6.42 Å². The number of aliphatic carboxylic acids is 1. The lowest BCUT2D eigenvalue weighted by molar-refractivity contribution is -0.131. The van der Waals surface area contributed by atoms with Crippen molar-refractivity contribution in [2.24, 2.45) is 0 Å². The average molecular weight is 154 g/mol. The Bertz CT molecular complexity index is 146. The zero-order chi connectivity index (χ0) is 9.11. The predicted octanol–water partition coefficient (Wildman–Crippen LogP) is 2.40. The van der Waals surface area contributed by atoms with Gasteiger partial charge in [-0.25, -0.2) is 4.79 Å². The summed E-state index contributed by atoms with van der Waals surface area (Å²) in [6.07, 6.45) is 7.72. The van der Waals surface area contributed by atoms with Gasteiger partial charge in [0.2, 0.25) is 0 Å². The molecule has 11 heavy (non-hydrogen) atoms. The molecule has 0 unspecified atom stereocenters. The fourth-order valence-electron chi connectivity index (χ4n) is 0.232. The molecule has 0 atom stereocenters. The molecular weight excluding hydrogens is 140 g/mol. The van der Waals surface area contributed by atoms with Crippen LogP contribution in [-0.4, -0.2) is 11.1 Å². The summed E-state index contributed by atoms with van der Waals surface area (Å²) in [6, 6.07) is 0. The maximum atomic E-state index is 9.25. The molecule has 0 bridgehead atoms. The Hall–Kier alpha value is -1.31. The molecule has 0 amide bonds. The van der Waals surface area contributed by atoms with Crippen molar-refractivity contribution in [2.75, 3.05) is 0 Å². The van der Waals surface area contributed by atoms with E-state index in [-0.39, 0.29) is 0 Å². The van der Waals surface area contributed by atoms with Gasteiger partial charge in [0.25, 0.3) is 0 Å². The monoisotopic (exact) mass is 154 g/mol. The minimum atomic E-state index is -0.981. The van der Waals surface area contributed by atoms with Gasteiger partial charge in [-0.2, -0.15) is 0 Å². The molecule has 62 valence electrons. The van der Waals surface area contributed by atoms with Gasteiger partial charge in [0, 0.05) is 6.08 Å². The van der Waals surface area contributed by atoms with Crippen LogP contribution in [0.25, 0.3) is 0 Å². The molecular formula is C9H14O2. The van der Waals surface area contributed by atoms with Gasteiger partial charge in [0.15, 0.2) is 0 Å². The topological polar surface area (TPSA) is 37.3 Å². The number of rotatable bonds is 3. The Labute approximate surface area is 67.6 Å². The first kappa shape index (κ1) is 12.4. The molecule has 0 aliphatic heterocycles. The van der Waals surface area contributed by atoms with E-state index >= 15 is 0 Å². The van der Waals surface area contributed by atoms with Crippen molar-refractivity contribution in [1.82, 2.24) is 0 Å². The zero-order valence-electron chi connectivity index (χ0n) is 6.79. The summed E-state index contributed by atoms with van der Waals surface area (Å²) in [5.74, 6) is -0.981. The van der Waals surface area contributed by atoms with Crippen LogP contribution in [0.4, 0.5) is 0 Å². The van der Waals surface area contributed by atoms with Crippen LogP contribution in [0.2, 0.25) is 0 Å². The molecule has 0 aliphatic carbocycles. The molecule has 0 rings (SSSR count). The van der Waals surface area contributed by atoms with Gasteiger partial charge in [-0.15, -0.1) is 0 Å². The number of carbonyl (C=O) groups is 1. The molecule has 1 N–H and O–H groups in total. The molecule has 0 aromatic rings. The van der Waals surface area contributed by atoms with Crippen LogP contribution >= 0.6 is 0 Å². The van der Waals surface area contributed by atoms with Crippen molar-refractivity contribution in [3.8, 4) is 0 Å². The van der Waals surface area contributed by atoms with E-state index in [9.17, 15) is 4.79 Å². The summed E-state index contributed by atoms with van der Waals surface area (Å²) in [4.78, 5) is 9.25. The highest BCUT2D eigenvalue weighted by Gasteiger charge is 1.73. The molecule has 0 saturated heterocycles. The van der Waals surface area contributed by atoms with Crippen molar-refractivity contribution in [3.63, 3.8) is 0 Å². The molecule has 0 fully saturated rings. The van der Waals surface area contributed by atoms with E-state index in [0.29, 0.717) is 0 Å². The maximum absolute atomic E-state index is 9.25. The summed E-state index contributed by atoms with van der Waals surface area (Å²) in [5, 5.41) is 7.60. The number of allylic oxidation sites excluding steroid dienone is 3. The SMILES string of the molecule is C=CC(=O)O.C=CC=CCC. The fraction of sp³-hybridized carbons (Fsp3) is 0.222. The first-order valence-electron chi connectivity index (χ1n) is 3.31. The van der Waals surface area contributed by atoms with Crippen LogP contribution in [0.5, 0.6) is 0 Å². The smallest absolute Gasteiger partial charge is 0.327 e. The van der Waals surface area contributed by atoms with Crippen LogP contribution in [0.3, 0.4) is 0 Å². The van der Waals surface area contributed by atoms with Crippen LogP contribution in [0, 0.1) is 0 Å². The summed E-state index contributed by atoms with van der Waals surface area (Å²) in [5.41, 5.74) is 0. The molecule has 2 heteroatoms. The van der Waals surface area contributed by atoms with Gasteiger partial charge in [-0.3, -0.25) is 0 Å². The van der Waals surface area contributed by atoms with Crippen molar-refractivity contribution in [1.29, 1.82) is 0 Å². The highest BCUT2D eigenvalue weighted by molar-refractivity contribution is 5.78. The largest absolute Gasteiger partial charge is 0.478 e. The highest BCUT2D eigenvalue weighted by Crippen LogP contribution is 1.76. The van der Waals surface area contributed by atoms with E-state index in [2.05, 4.69) is 26.2 Å². The quantitative estimate of drug-likeness (QED) is 0.500. The second kappa shape index (κ2) is 11.5. The summed E-state index contributed by atoms with van der Waals surface area (Å²) in [7, 11) is 0. The third-order valence-corrected chi connectivity index (χ3v) is 0.682. The fourth-order valence-corrected chi connectivity index (χ4v) is 0.232. The standard InChI is InChI=1S/C6H10.C3H4O2/c1-3-5-6-4-2;1-2-3(4)5/h3,5-6H,1,4H2,2H3;2H,1H2,(H,4,5). The predicted molar refractivity (Wildman–Crippen MR) is 47.5 cm³/mol. The molecule has 2 nitrogen and oxygen atoms in total. The van der Waals surface area contributed by atoms with E-state index in [0.717, 1.165) is 12.5 Å². The van der Waals surface area contributed by atoms with Crippen molar-refractivity contribution in [2.45, 2.75) is 13.3 Å².